The molecule has 0 heterocycles. The number of esters is 1. The van der Waals surface area contributed by atoms with Gasteiger partial charge in [0, 0.05) is 16.6 Å². The Bertz CT molecular complexity index is 961. The largest absolute Gasteiger partial charge is 0.497 e. The van der Waals surface area contributed by atoms with E-state index < -0.39 is 24.5 Å². The fourth-order valence-corrected chi connectivity index (χ4v) is 2.83. The minimum absolute atomic E-state index is 0.120. The molecule has 0 saturated carbocycles. The molecule has 0 fully saturated rings. The summed E-state index contributed by atoms with van der Waals surface area (Å²) < 4.78 is 15.7. The first-order valence-electron chi connectivity index (χ1n) is 9.09. The Balaban J connectivity index is 1.74. The summed E-state index contributed by atoms with van der Waals surface area (Å²) in [6.07, 6.45) is -0.342. The summed E-state index contributed by atoms with van der Waals surface area (Å²) in [7, 11) is 2.96. The van der Waals surface area contributed by atoms with Crippen LogP contribution in [0, 0.1) is 0 Å². The maximum Gasteiger partial charge on any atom is 0.325 e. The van der Waals surface area contributed by atoms with Gasteiger partial charge in [-0.05, 0) is 42.5 Å². The van der Waals surface area contributed by atoms with Gasteiger partial charge in [-0.2, -0.15) is 0 Å². The van der Waals surface area contributed by atoms with Gasteiger partial charge >= 0.3 is 12.0 Å². The number of hydrogen-bond acceptors (Lipinski definition) is 7. The number of rotatable bonds is 9. The smallest absolute Gasteiger partial charge is 0.325 e. The number of nitrogens with one attached hydrogen (secondary N) is 2. The van der Waals surface area contributed by atoms with Crippen LogP contribution in [0.25, 0.3) is 0 Å². The molecule has 0 radical (unpaired) electrons. The van der Waals surface area contributed by atoms with Gasteiger partial charge in [0.1, 0.15) is 11.5 Å². The first-order valence-corrected chi connectivity index (χ1v) is 9.89. The second-order valence-corrected chi connectivity index (χ2v) is 7.07. The molecule has 0 unspecified atom stereocenters. The topological polar surface area (TPSA) is 120 Å². The van der Waals surface area contributed by atoms with Gasteiger partial charge in [0.15, 0.2) is 12.4 Å². The first kappa shape index (κ1) is 23.9. The van der Waals surface area contributed by atoms with Crippen LogP contribution in [0.2, 0.25) is 0 Å². The summed E-state index contributed by atoms with van der Waals surface area (Å²) >= 11 is 3.28. The maximum atomic E-state index is 12.3. The quantitative estimate of drug-likeness (QED) is 0.406. The highest BCUT2D eigenvalue weighted by atomic mass is 79.9. The molecule has 0 saturated heterocycles. The number of halogens is 1. The fourth-order valence-electron chi connectivity index (χ4n) is 2.47. The number of amides is 3. The first-order chi connectivity index (χ1) is 14.8. The Morgan fingerprint density at radius 1 is 0.935 bits per heavy atom. The molecule has 3 amide bonds. The van der Waals surface area contributed by atoms with Crippen molar-refractivity contribution in [2.75, 3.05) is 26.1 Å². The standard InChI is InChI=1S/C21H21BrN2O7/c1-29-15-6-4-14(5-7-15)23-21(28)24-19(26)12-31-20(27)10-8-17(25)16-11-13(22)3-9-18(16)30-2/h3-7,9,11H,8,10,12H2,1-2H3,(H2,23,24,26,28). The third-order valence-corrected chi connectivity index (χ3v) is 4.48. The molecule has 2 rings (SSSR count). The Labute approximate surface area is 187 Å². The van der Waals surface area contributed by atoms with Gasteiger partial charge in [0.2, 0.25) is 0 Å². The van der Waals surface area contributed by atoms with Crippen molar-refractivity contribution in [1.29, 1.82) is 0 Å². The summed E-state index contributed by atoms with van der Waals surface area (Å²) in [6, 6.07) is 10.7. The number of methoxy groups -OCH3 is 2. The van der Waals surface area contributed by atoms with Gasteiger partial charge < -0.3 is 19.5 Å². The molecule has 0 aliphatic carbocycles. The van der Waals surface area contributed by atoms with E-state index in [0.29, 0.717) is 27.2 Å². The van der Waals surface area contributed by atoms with Crippen LogP contribution in [0.15, 0.2) is 46.9 Å². The second-order valence-electron chi connectivity index (χ2n) is 6.16. The third-order valence-electron chi connectivity index (χ3n) is 3.98. The average Bonchev–Trinajstić information content (AvgIpc) is 2.76. The zero-order valence-electron chi connectivity index (χ0n) is 16.9. The number of ether oxygens (including phenoxy) is 3. The lowest BCUT2D eigenvalue weighted by molar-refractivity contribution is -0.148. The number of Topliss-reactive ketones (excluding diaryl/α,β-unsaturated/α-hetero) is 1. The molecule has 10 heteroatoms. The highest BCUT2D eigenvalue weighted by molar-refractivity contribution is 9.10. The predicted octanol–water partition coefficient (Wildman–Crippen LogP) is 3.32. The van der Waals surface area contributed by atoms with Crippen molar-refractivity contribution in [2.45, 2.75) is 12.8 Å². The maximum absolute atomic E-state index is 12.3. The van der Waals surface area contributed by atoms with Crippen molar-refractivity contribution in [3.8, 4) is 11.5 Å². The van der Waals surface area contributed by atoms with Crippen molar-refractivity contribution in [1.82, 2.24) is 5.32 Å². The summed E-state index contributed by atoms with van der Waals surface area (Å²) in [5.41, 5.74) is 0.780. The monoisotopic (exact) mass is 492 g/mol. The van der Waals surface area contributed by atoms with Crippen molar-refractivity contribution >= 4 is 45.3 Å². The summed E-state index contributed by atoms with van der Waals surface area (Å²) in [5, 5.41) is 4.50. The molecule has 2 aromatic rings. The molecule has 0 spiro atoms. The van der Waals surface area contributed by atoms with Gasteiger partial charge in [-0.1, -0.05) is 15.9 Å². The Kier molecular flexibility index (Phi) is 9.01. The third kappa shape index (κ3) is 7.74. The van der Waals surface area contributed by atoms with Gasteiger partial charge in [-0.3, -0.25) is 19.7 Å². The Hall–Kier alpha value is -3.40. The van der Waals surface area contributed by atoms with Crippen LogP contribution in [-0.2, 0) is 14.3 Å². The van der Waals surface area contributed by atoms with E-state index in [0.717, 1.165) is 0 Å². The second kappa shape index (κ2) is 11.7. The van der Waals surface area contributed by atoms with Crippen LogP contribution in [0.3, 0.4) is 0 Å². The van der Waals surface area contributed by atoms with E-state index in [4.69, 9.17) is 14.2 Å². The number of benzene rings is 2. The molecule has 2 N–H and O–H groups in total. The zero-order chi connectivity index (χ0) is 22.8. The number of imide groups is 1. The Morgan fingerprint density at radius 2 is 1.65 bits per heavy atom. The summed E-state index contributed by atoms with van der Waals surface area (Å²) in [5.74, 6) is -0.847. The van der Waals surface area contributed by atoms with Gasteiger partial charge in [0.05, 0.1) is 26.2 Å². The molecular weight excluding hydrogens is 472 g/mol. The molecule has 164 valence electrons. The fraction of sp³-hybridized carbons (Fsp3) is 0.238. The predicted molar refractivity (Wildman–Crippen MR) is 115 cm³/mol. The number of urea groups is 1. The van der Waals surface area contributed by atoms with E-state index in [1.165, 1.54) is 14.2 Å². The van der Waals surface area contributed by atoms with Crippen molar-refractivity contribution < 1.29 is 33.4 Å². The lowest BCUT2D eigenvalue weighted by atomic mass is 10.1. The van der Waals surface area contributed by atoms with Crippen molar-refractivity contribution in [3.05, 3.63) is 52.5 Å². The average molecular weight is 493 g/mol. The van der Waals surface area contributed by atoms with Crippen LogP contribution < -0.4 is 20.1 Å². The summed E-state index contributed by atoms with van der Waals surface area (Å²) in [6.45, 7) is -0.650. The van der Waals surface area contributed by atoms with E-state index >= 15 is 0 Å². The molecular formula is C21H21BrN2O7. The number of anilines is 1. The van der Waals surface area contributed by atoms with E-state index in [1.807, 2.05) is 5.32 Å². The SMILES string of the molecule is COc1ccc(NC(=O)NC(=O)COC(=O)CCC(=O)c2cc(Br)ccc2OC)cc1. The zero-order valence-corrected chi connectivity index (χ0v) is 18.5. The number of carbonyl (C=O) groups is 4. The van der Waals surface area contributed by atoms with Crippen LogP contribution in [0.1, 0.15) is 23.2 Å². The molecule has 0 bridgehead atoms. The van der Waals surface area contributed by atoms with Gasteiger partial charge in [0.25, 0.3) is 5.91 Å². The van der Waals surface area contributed by atoms with Crippen LogP contribution in [0.5, 0.6) is 11.5 Å². The van der Waals surface area contributed by atoms with Crippen LogP contribution >= 0.6 is 15.9 Å². The molecule has 0 aromatic heterocycles. The van der Waals surface area contributed by atoms with Gasteiger partial charge in [-0.25, -0.2) is 4.79 Å². The normalized spacial score (nSPS) is 10.0. The van der Waals surface area contributed by atoms with E-state index in [2.05, 4.69) is 21.2 Å². The van der Waals surface area contributed by atoms with Crippen LogP contribution in [-0.4, -0.2) is 44.5 Å². The minimum Gasteiger partial charge on any atom is -0.497 e. The van der Waals surface area contributed by atoms with Gasteiger partial charge in [-0.15, -0.1) is 0 Å². The molecule has 0 aliphatic heterocycles. The number of hydrogen-bond donors (Lipinski definition) is 2. The summed E-state index contributed by atoms with van der Waals surface area (Å²) in [4.78, 5) is 47.7. The molecule has 9 nitrogen and oxygen atoms in total. The highest BCUT2D eigenvalue weighted by Crippen LogP contribution is 2.24. The van der Waals surface area contributed by atoms with E-state index in [-0.39, 0.29) is 18.6 Å². The lowest BCUT2D eigenvalue weighted by Gasteiger charge is -2.09. The molecule has 0 aliphatic rings. The van der Waals surface area contributed by atoms with E-state index in [9.17, 15) is 19.2 Å². The van der Waals surface area contributed by atoms with Crippen LogP contribution in [0.4, 0.5) is 10.5 Å². The molecule has 2 aromatic carbocycles. The number of ketones is 1. The number of carbonyl (C=O) groups excluding carboxylic acids is 4. The molecule has 31 heavy (non-hydrogen) atoms. The lowest BCUT2D eigenvalue weighted by Crippen LogP contribution is -2.37. The van der Waals surface area contributed by atoms with Crippen molar-refractivity contribution in [3.63, 3.8) is 0 Å². The van der Waals surface area contributed by atoms with E-state index in [1.54, 1.807) is 42.5 Å². The Morgan fingerprint density at radius 3 is 2.29 bits per heavy atom. The highest BCUT2D eigenvalue weighted by Gasteiger charge is 2.16. The van der Waals surface area contributed by atoms with Crippen molar-refractivity contribution in [2.24, 2.45) is 0 Å². The minimum atomic E-state index is -0.806. The molecule has 0 atom stereocenters.